The van der Waals surface area contributed by atoms with E-state index in [0.717, 1.165) is 10.0 Å². The molecule has 1 heterocycles. The fourth-order valence-electron chi connectivity index (χ4n) is 2.43. The zero-order chi connectivity index (χ0) is 16.3. The number of carbonyl (C=O) groups is 1. The van der Waals surface area contributed by atoms with Crippen LogP contribution in [0.1, 0.15) is 25.3 Å². The predicted molar refractivity (Wildman–Crippen MR) is 89.0 cm³/mol. The maximum absolute atomic E-state index is 12.3. The van der Waals surface area contributed by atoms with Crippen LogP contribution in [0.2, 0.25) is 0 Å². The Kier molecular flexibility index (Phi) is 5.33. The molecule has 4 nitrogen and oxygen atoms in total. The summed E-state index contributed by atoms with van der Waals surface area (Å²) in [5, 5.41) is 9.64. The molecule has 0 saturated carbocycles. The first-order valence-corrected chi connectivity index (χ1v) is 7.94. The second-order valence-corrected chi connectivity index (χ2v) is 6.07. The van der Waals surface area contributed by atoms with E-state index in [0.29, 0.717) is 11.3 Å². The van der Waals surface area contributed by atoms with Crippen LogP contribution in [0.5, 0.6) is 0 Å². The Hall–Kier alpha value is -1.71. The summed E-state index contributed by atoms with van der Waals surface area (Å²) in [7, 11) is 0. The number of rotatable bonds is 3. The number of esters is 1. The molecule has 114 valence electrons. The molecule has 2 atom stereocenters. The summed E-state index contributed by atoms with van der Waals surface area (Å²) in [6, 6.07) is 9.59. The van der Waals surface area contributed by atoms with Crippen LogP contribution >= 0.6 is 28.1 Å². The van der Waals surface area contributed by atoms with Gasteiger partial charge in [0.15, 0.2) is 5.05 Å². The molecule has 0 fully saturated rings. The highest BCUT2D eigenvalue weighted by atomic mass is 79.9. The molecule has 22 heavy (non-hydrogen) atoms. The molecule has 1 aliphatic rings. The predicted octanol–water partition coefficient (Wildman–Crippen LogP) is 3.87. The second kappa shape index (κ2) is 7.03. The van der Waals surface area contributed by atoms with Gasteiger partial charge in [0.05, 0.1) is 18.2 Å². The number of nitrogens with zero attached hydrogens (tertiary/aromatic N) is 1. The van der Waals surface area contributed by atoms with Gasteiger partial charge >= 0.3 is 5.97 Å². The fourth-order valence-corrected chi connectivity index (χ4v) is 3.01. The molecule has 0 bridgehead atoms. The van der Waals surface area contributed by atoms with Gasteiger partial charge in [-0.1, -0.05) is 28.1 Å². The third kappa shape index (κ3) is 3.21. The Morgan fingerprint density at radius 1 is 1.45 bits per heavy atom. The molecule has 0 aliphatic carbocycles. The molecule has 1 aromatic carbocycles. The van der Waals surface area contributed by atoms with Crippen LogP contribution in [0, 0.1) is 17.2 Å². The smallest absolute Gasteiger partial charge is 0.338 e. The molecule has 1 aliphatic heterocycles. The molecular weight excluding hydrogens is 366 g/mol. The summed E-state index contributed by atoms with van der Waals surface area (Å²) >= 11 is 8.55. The van der Waals surface area contributed by atoms with Crippen molar-refractivity contribution in [3.63, 3.8) is 0 Å². The highest BCUT2D eigenvalue weighted by Gasteiger charge is 2.40. The lowest BCUT2D eigenvalue weighted by molar-refractivity contribution is -0.139. The third-order valence-corrected chi connectivity index (χ3v) is 4.26. The average Bonchev–Trinajstić information content (AvgIpc) is 2.47. The molecule has 0 aromatic heterocycles. The van der Waals surface area contributed by atoms with E-state index in [1.807, 2.05) is 24.3 Å². The van der Waals surface area contributed by atoms with Gasteiger partial charge in [-0.15, -0.1) is 0 Å². The summed E-state index contributed by atoms with van der Waals surface area (Å²) in [5.41, 5.74) is 1.17. The minimum Gasteiger partial charge on any atom is -0.463 e. The van der Waals surface area contributed by atoms with Gasteiger partial charge in [0.1, 0.15) is 11.7 Å². The van der Waals surface area contributed by atoms with Crippen molar-refractivity contribution in [1.82, 2.24) is 0 Å². The summed E-state index contributed by atoms with van der Waals surface area (Å²) in [4.78, 5) is 12.3. The van der Waals surface area contributed by atoms with Crippen LogP contribution in [0.3, 0.4) is 0 Å². The van der Waals surface area contributed by atoms with Gasteiger partial charge in [0.2, 0.25) is 0 Å². The molecular formula is C16H14BrNO3S. The lowest BCUT2D eigenvalue weighted by atomic mass is 9.79. The lowest BCUT2D eigenvalue weighted by Crippen LogP contribution is -2.32. The van der Waals surface area contributed by atoms with E-state index in [-0.39, 0.29) is 11.7 Å². The number of carbonyl (C=O) groups excluding carboxylic acids is 1. The van der Waals surface area contributed by atoms with Gasteiger partial charge in [-0.2, -0.15) is 5.26 Å². The van der Waals surface area contributed by atoms with E-state index in [1.165, 1.54) is 0 Å². The summed E-state index contributed by atoms with van der Waals surface area (Å²) in [6.07, 6.45) is 0. The normalized spacial score (nSPS) is 21.1. The van der Waals surface area contributed by atoms with E-state index < -0.39 is 17.8 Å². The van der Waals surface area contributed by atoms with Crippen molar-refractivity contribution in [1.29, 1.82) is 5.26 Å². The second-order valence-electron chi connectivity index (χ2n) is 4.75. The van der Waals surface area contributed by atoms with Crippen LogP contribution in [-0.4, -0.2) is 17.6 Å². The molecule has 0 spiro atoms. The third-order valence-electron chi connectivity index (χ3n) is 3.39. The Morgan fingerprint density at radius 3 is 2.64 bits per heavy atom. The molecule has 1 aromatic rings. The van der Waals surface area contributed by atoms with Crippen LogP contribution in [0.4, 0.5) is 0 Å². The molecule has 0 amide bonds. The van der Waals surface area contributed by atoms with E-state index in [2.05, 4.69) is 22.0 Å². The van der Waals surface area contributed by atoms with Crippen molar-refractivity contribution in [2.75, 3.05) is 6.61 Å². The van der Waals surface area contributed by atoms with E-state index >= 15 is 0 Å². The largest absolute Gasteiger partial charge is 0.463 e. The molecule has 0 radical (unpaired) electrons. The Bertz CT molecular complexity index is 676. The Balaban J connectivity index is 2.57. The van der Waals surface area contributed by atoms with Crippen molar-refractivity contribution in [2.24, 2.45) is 5.92 Å². The lowest BCUT2D eigenvalue weighted by Gasteiger charge is -2.30. The van der Waals surface area contributed by atoms with Crippen molar-refractivity contribution in [3.8, 4) is 6.07 Å². The first-order valence-electron chi connectivity index (χ1n) is 6.74. The highest BCUT2D eigenvalue weighted by Crippen LogP contribution is 2.40. The minimum atomic E-state index is -0.709. The number of ether oxygens (including phenoxy) is 2. The zero-order valence-electron chi connectivity index (χ0n) is 12.1. The average molecular weight is 380 g/mol. The van der Waals surface area contributed by atoms with Gasteiger partial charge < -0.3 is 9.47 Å². The molecule has 0 unspecified atom stereocenters. The number of allylic oxidation sites excluding steroid dienone is 1. The summed E-state index contributed by atoms with van der Waals surface area (Å²) in [5.74, 6) is -1.28. The maximum Gasteiger partial charge on any atom is 0.338 e. The number of thiocarbonyl (C=S) groups is 1. The highest BCUT2D eigenvalue weighted by molar-refractivity contribution is 9.10. The summed E-state index contributed by atoms with van der Waals surface area (Å²) in [6.45, 7) is 3.65. The zero-order valence-corrected chi connectivity index (χ0v) is 14.5. The van der Waals surface area contributed by atoms with Crippen LogP contribution < -0.4 is 0 Å². The van der Waals surface area contributed by atoms with E-state index in [4.69, 9.17) is 21.7 Å². The van der Waals surface area contributed by atoms with Crippen molar-refractivity contribution in [2.45, 2.75) is 19.8 Å². The maximum atomic E-state index is 12.3. The first-order chi connectivity index (χ1) is 10.5. The van der Waals surface area contributed by atoms with Crippen molar-refractivity contribution >= 4 is 39.2 Å². The molecule has 2 rings (SSSR count). The van der Waals surface area contributed by atoms with Crippen LogP contribution in [0.25, 0.3) is 0 Å². The van der Waals surface area contributed by atoms with Crippen LogP contribution in [0.15, 0.2) is 40.1 Å². The van der Waals surface area contributed by atoms with Gasteiger partial charge in [0.25, 0.3) is 0 Å². The fraction of sp³-hybridized carbons (Fsp3) is 0.312. The van der Waals surface area contributed by atoms with Gasteiger partial charge in [-0.3, -0.25) is 0 Å². The molecule has 0 N–H and O–H groups in total. The standard InChI is InChI=1S/C16H14BrNO3S/c1-3-20-15(19)13-9(2)21-16(22)12(8-18)14(13)10-4-6-11(17)7-5-10/h4-7,12,14H,3H2,1-2H3/t12-,14-/m1/s1. The quantitative estimate of drug-likeness (QED) is 0.589. The molecule has 6 heteroatoms. The topological polar surface area (TPSA) is 59.3 Å². The number of benzene rings is 1. The Morgan fingerprint density at radius 2 is 2.09 bits per heavy atom. The number of hydrogen-bond donors (Lipinski definition) is 0. The Labute approximate surface area is 142 Å². The number of halogens is 1. The van der Waals surface area contributed by atoms with Crippen molar-refractivity contribution in [3.05, 3.63) is 45.6 Å². The van der Waals surface area contributed by atoms with Gasteiger partial charge in [0, 0.05) is 10.4 Å². The number of nitriles is 1. The van der Waals surface area contributed by atoms with E-state index in [9.17, 15) is 10.1 Å². The monoisotopic (exact) mass is 379 g/mol. The van der Waals surface area contributed by atoms with E-state index in [1.54, 1.807) is 13.8 Å². The van der Waals surface area contributed by atoms with Gasteiger partial charge in [-0.05, 0) is 43.8 Å². The summed E-state index contributed by atoms with van der Waals surface area (Å²) < 4.78 is 11.5. The van der Waals surface area contributed by atoms with Crippen LogP contribution in [-0.2, 0) is 14.3 Å². The first kappa shape index (κ1) is 16.7. The van der Waals surface area contributed by atoms with Crippen molar-refractivity contribution < 1.29 is 14.3 Å². The number of hydrogen-bond acceptors (Lipinski definition) is 5. The minimum absolute atomic E-state index is 0.181. The molecule has 0 saturated heterocycles. The SMILES string of the molecule is CCOC(=O)C1=C(C)OC(=S)[C@H](C#N)[C@H]1c1ccc(Br)cc1. The van der Waals surface area contributed by atoms with Gasteiger partial charge in [-0.25, -0.2) is 4.79 Å².